The minimum Gasteiger partial charge on any atom is -0.497 e. The van der Waals surface area contributed by atoms with Crippen molar-refractivity contribution in [2.45, 2.75) is 135 Å². The van der Waals surface area contributed by atoms with Crippen LogP contribution in [0.2, 0.25) is 0 Å². The van der Waals surface area contributed by atoms with Crippen LogP contribution in [0.15, 0.2) is 66.9 Å². The lowest BCUT2D eigenvalue weighted by molar-refractivity contribution is -0.137. The molecule has 73 heavy (non-hydrogen) atoms. The summed E-state index contributed by atoms with van der Waals surface area (Å²) in [6.07, 6.45) is 14.3. The Kier molecular flexibility index (Phi) is 24.4. The summed E-state index contributed by atoms with van der Waals surface area (Å²) in [5, 5.41) is 26.9. The molecule has 0 spiro atoms. The number of halogens is 1. The quantitative estimate of drug-likeness (QED) is 0.0253. The molecule has 0 saturated heterocycles. The number of aromatic nitrogens is 3. The molecule has 8 N–H and O–H groups in total. The number of aryl methyl sites for hydroxylation is 1. The molecule has 1 atom stereocenters. The van der Waals surface area contributed by atoms with Gasteiger partial charge in [-0.15, -0.1) is 5.10 Å². The molecule has 0 bridgehead atoms. The highest BCUT2D eigenvalue weighted by Crippen LogP contribution is 2.45. The fraction of sp³-hybridized carbons (Fsp3) is 0.564. The van der Waals surface area contributed by atoms with E-state index in [2.05, 4.69) is 26.3 Å². The SMILES string of the molecule is COc1ccc(F)c(-c2ccc(COc3cccc([C@@H](CC(=O)O)C4CC4)c3)cc2OC(C)(C)Cn2cc(CCCCCCCCCCC(=O)NCCN(CCC(=O)NCCN)CCC(=O)NCCN)nn2)c1. The number of carboxylic acid groups (broad SMARTS) is 1. The molecule has 0 unspecified atom stereocenters. The molecule has 0 radical (unpaired) electrons. The lowest BCUT2D eigenvalue weighted by atomic mass is 9.91. The van der Waals surface area contributed by atoms with Crippen molar-refractivity contribution in [2.24, 2.45) is 17.4 Å². The van der Waals surface area contributed by atoms with Gasteiger partial charge < -0.3 is 51.6 Å². The van der Waals surface area contributed by atoms with Crippen LogP contribution in [0, 0.1) is 11.7 Å². The maximum atomic E-state index is 15.4. The summed E-state index contributed by atoms with van der Waals surface area (Å²) in [5.41, 5.74) is 13.8. The first-order valence-electron chi connectivity index (χ1n) is 26.2. The van der Waals surface area contributed by atoms with Crippen molar-refractivity contribution in [1.29, 1.82) is 0 Å². The maximum Gasteiger partial charge on any atom is 0.303 e. The number of nitrogens with two attached hydrogens (primary N) is 2. The number of benzene rings is 3. The van der Waals surface area contributed by atoms with E-state index in [4.69, 9.17) is 25.7 Å². The normalized spacial score (nSPS) is 12.9. The summed E-state index contributed by atoms with van der Waals surface area (Å²) >= 11 is 0. The molecular formula is C55H80FN9O8. The Balaban J connectivity index is 1.02. The van der Waals surface area contributed by atoms with Crippen molar-refractivity contribution in [3.8, 4) is 28.4 Å². The summed E-state index contributed by atoms with van der Waals surface area (Å²) in [5.74, 6) is 0.573. The predicted molar refractivity (Wildman–Crippen MR) is 280 cm³/mol. The van der Waals surface area contributed by atoms with E-state index in [0.717, 1.165) is 87.4 Å². The predicted octanol–water partition coefficient (Wildman–Crippen LogP) is 6.90. The van der Waals surface area contributed by atoms with Gasteiger partial charge >= 0.3 is 5.97 Å². The molecule has 3 amide bonds. The Bertz CT molecular complexity index is 2320. The average molecular weight is 1010 g/mol. The molecule has 400 valence electrons. The lowest BCUT2D eigenvalue weighted by Crippen LogP contribution is -2.40. The van der Waals surface area contributed by atoms with Crippen LogP contribution in [-0.2, 0) is 38.8 Å². The van der Waals surface area contributed by atoms with E-state index >= 15 is 4.39 Å². The molecule has 1 aromatic heterocycles. The molecule has 5 rings (SSSR count). The highest BCUT2D eigenvalue weighted by molar-refractivity contribution is 5.77. The third-order valence-corrected chi connectivity index (χ3v) is 12.9. The summed E-state index contributed by atoms with van der Waals surface area (Å²) in [6.45, 7) is 8.03. The zero-order valence-corrected chi connectivity index (χ0v) is 43.3. The largest absolute Gasteiger partial charge is 0.497 e. The second-order valence-electron chi connectivity index (χ2n) is 19.6. The molecule has 4 aromatic rings. The first-order chi connectivity index (χ1) is 35.2. The lowest BCUT2D eigenvalue weighted by Gasteiger charge is -2.28. The number of amides is 3. The molecule has 1 aliphatic rings. The van der Waals surface area contributed by atoms with Crippen LogP contribution in [0.25, 0.3) is 11.1 Å². The van der Waals surface area contributed by atoms with Gasteiger partial charge in [0.05, 0.1) is 25.8 Å². The third-order valence-electron chi connectivity index (χ3n) is 12.9. The zero-order valence-electron chi connectivity index (χ0n) is 43.3. The summed E-state index contributed by atoms with van der Waals surface area (Å²) in [6, 6.07) is 17.9. The van der Waals surface area contributed by atoms with Crippen LogP contribution in [-0.4, -0.2) is 114 Å². The number of carbonyl (C=O) groups excluding carboxylic acids is 3. The first-order valence-corrected chi connectivity index (χ1v) is 26.2. The van der Waals surface area contributed by atoms with Gasteiger partial charge in [-0.2, -0.15) is 0 Å². The van der Waals surface area contributed by atoms with Gasteiger partial charge in [-0.1, -0.05) is 68.0 Å². The van der Waals surface area contributed by atoms with Crippen LogP contribution in [0.4, 0.5) is 4.39 Å². The number of hydrogen-bond donors (Lipinski definition) is 6. The van der Waals surface area contributed by atoms with Crippen LogP contribution in [0.3, 0.4) is 0 Å². The highest BCUT2D eigenvalue weighted by atomic mass is 19.1. The van der Waals surface area contributed by atoms with Gasteiger partial charge in [0.1, 0.15) is 35.3 Å². The van der Waals surface area contributed by atoms with E-state index in [-0.39, 0.29) is 49.5 Å². The molecule has 3 aromatic carbocycles. The molecule has 17 nitrogen and oxygen atoms in total. The van der Waals surface area contributed by atoms with Crippen LogP contribution in [0.1, 0.15) is 126 Å². The number of nitrogens with one attached hydrogen (secondary N) is 3. The number of hydrogen-bond acceptors (Lipinski definition) is 12. The maximum absolute atomic E-state index is 15.4. The van der Waals surface area contributed by atoms with Crippen molar-refractivity contribution >= 4 is 23.7 Å². The van der Waals surface area contributed by atoms with E-state index < -0.39 is 17.4 Å². The molecule has 1 heterocycles. The monoisotopic (exact) mass is 1010 g/mol. The van der Waals surface area contributed by atoms with E-state index in [9.17, 15) is 24.3 Å². The van der Waals surface area contributed by atoms with E-state index in [1.54, 1.807) is 23.9 Å². The van der Waals surface area contributed by atoms with Gasteiger partial charge in [-0.3, -0.25) is 19.2 Å². The Morgan fingerprint density at radius 3 is 2.11 bits per heavy atom. The van der Waals surface area contributed by atoms with E-state index in [0.29, 0.717) is 99.6 Å². The number of unbranched alkanes of at least 4 members (excludes halogenated alkanes) is 7. The summed E-state index contributed by atoms with van der Waals surface area (Å²) < 4.78 is 35.7. The first kappa shape index (κ1) is 57.8. The molecule has 1 saturated carbocycles. The number of nitrogens with zero attached hydrogens (tertiary/aromatic N) is 4. The number of methoxy groups -OCH3 is 1. The Morgan fingerprint density at radius 2 is 1.45 bits per heavy atom. The fourth-order valence-electron chi connectivity index (χ4n) is 8.85. The van der Waals surface area contributed by atoms with Gasteiger partial charge in [0.2, 0.25) is 17.7 Å². The van der Waals surface area contributed by atoms with Gasteiger partial charge in [0, 0.05) is 88.9 Å². The third kappa shape index (κ3) is 21.5. The Hall–Kier alpha value is -6.11. The topological polar surface area (TPSA) is 238 Å². The van der Waals surface area contributed by atoms with Crippen molar-refractivity contribution in [2.75, 3.05) is 59.5 Å². The molecule has 1 fully saturated rings. The van der Waals surface area contributed by atoms with Crippen LogP contribution >= 0.6 is 0 Å². The minimum atomic E-state index is -0.806. The van der Waals surface area contributed by atoms with Crippen molar-refractivity contribution in [3.05, 3.63) is 89.5 Å². The zero-order chi connectivity index (χ0) is 52.4. The van der Waals surface area contributed by atoms with Gasteiger partial charge in [-0.05, 0) is 105 Å². The average Bonchev–Trinajstić information content (AvgIpc) is 4.13. The van der Waals surface area contributed by atoms with Crippen LogP contribution < -0.4 is 41.6 Å². The van der Waals surface area contributed by atoms with Crippen LogP contribution in [0.5, 0.6) is 17.2 Å². The number of rotatable bonds is 37. The number of carbonyl (C=O) groups is 4. The van der Waals surface area contributed by atoms with Crippen molar-refractivity contribution in [1.82, 2.24) is 35.8 Å². The summed E-state index contributed by atoms with van der Waals surface area (Å²) in [4.78, 5) is 50.4. The standard InChI is InChI=1S/C55H80FN9O8/c1-55(2,73-50-33-40(17-21-46(50)48-35-44(71-3)20-22-49(48)56)38-72-45-15-12-13-42(34-45)47(36-54(69)70)41-18-19-41)39-65-37-43(62-63-65)14-10-8-6-4-5-7-9-11-16-51(66)61-29-32-64(30-23-52(67)59-27-25-57)31-24-53(68)60-28-26-58/h12-13,15,17,20-22,33-35,37,41,47H,4-11,14,16,18-19,23-32,36,38-39,57-58H2,1-3H3,(H,59,67)(H,60,68)(H,61,66)(H,69,70)/t47-/m0/s1. The van der Waals surface area contributed by atoms with Gasteiger partial charge in [0.15, 0.2) is 0 Å². The molecular weight excluding hydrogens is 934 g/mol. The van der Waals surface area contributed by atoms with E-state index in [1.165, 1.54) is 6.07 Å². The van der Waals surface area contributed by atoms with Crippen molar-refractivity contribution in [3.63, 3.8) is 0 Å². The molecule has 18 heteroatoms. The van der Waals surface area contributed by atoms with Gasteiger partial charge in [-0.25, -0.2) is 9.07 Å². The number of aliphatic carboxylic acids is 1. The molecule has 0 aliphatic heterocycles. The second-order valence-corrected chi connectivity index (χ2v) is 19.6. The van der Waals surface area contributed by atoms with E-state index in [1.807, 2.05) is 67.4 Å². The van der Waals surface area contributed by atoms with Crippen molar-refractivity contribution < 1.29 is 42.9 Å². The number of ether oxygens (including phenoxy) is 3. The highest BCUT2D eigenvalue weighted by Gasteiger charge is 2.34. The Labute approximate surface area is 430 Å². The van der Waals surface area contributed by atoms with Gasteiger partial charge in [0.25, 0.3) is 0 Å². The smallest absolute Gasteiger partial charge is 0.303 e. The molecule has 1 aliphatic carbocycles. The minimum absolute atomic E-state index is 0.00924. The second kappa shape index (κ2) is 30.8. The number of carboxylic acids is 1. The Morgan fingerprint density at radius 1 is 0.795 bits per heavy atom. The summed E-state index contributed by atoms with van der Waals surface area (Å²) in [7, 11) is 1.54. The fourth-order valence-corrected chi connectivity index (χ4v) is 8.85.